The molecule has 0 aliphatic heterocycles. The van der Waals surface area contributed by atoms with Gasteiger partial charge in [-0.15, -0.1) is 0 Å². The third-order valence-corrected chi connectivity index (χ3v) is 3.98. The van der Waals surface area contributed by atoms with Crippen molar-refractivity contribution in [2.45, 2.75) is 6.42 Å². The molecule has 0 saturated carbocycles. The Morgan fingerprint density at radius 1 is 0.846 bits per heavy atom. The average molecular weight is 347 g/mol. The highest BCUT2D eigenvalue weighted by Gasteiger charge is 2.08. The van der Waals surface area contributed by atoms with Crippen LogP contribution in [0.25, 0.3) is 0 Å². The molecule has 3 aromatic rings. The van der Waals surface area contributed by atoms with E-state index in [0.29, 0.717) is 17.1 Å². The Morgan fingerprint density at radius 2 is 1.50 bits per heavy atom. The predicted octanol–water partition coefficient (Wildman–Crippen LogP) is 4.57. The Kier molecular flexibility index (Phi) is 5.88. The Morgan fingerprint density at radius 3 is 2.15 bits per heavy atom. The minimum atomic E-state index is -0.391. The highest BCUT2D eigenvalue weighted by atomic mass is 16.5. The van der Waals surface area contributed by atoms with Crippen LogP contribution in [0, 0.1) is 0 Å². The van der Waals surface area contributed by atoms with E-state index in [9.17, 15) is 4.79 Å². The van der Waals surface area contributed by atoms with Crippen LogP contribution in [0.1, 0.15) is 15.9 Å². The number of hydrogen-bond acceptors (Lipinski definition) is 4. The van der Waals surface area contributed by atoms with Crippen LogP contribution in [0.5, 0.6) is 11.5 Å². The van der Waals surface area contributed by atoms with Crippen LogP contribution in [0.15, 0.2) is 78.9 Å². The van der Waals surface area contributed by atoms with Crippen molar-refractivity contribution in [3.8, 4) is 11.5 Å². The van der Waals surface area contributed by atoms with Crippen molar-refractivity contribution in [1.29, 1.82) is 0 Å². The van der Waals surface area contributed by atoms with Crippen molar-refractivity contribution in [2.24, 2.45) is 0 Å². The predicted molar refractivity (Wildman–Crippen MR) is 103 cm³/mol. The van der Waals surface area contributed by atoms with Crippen molar-refractivity contribution in [2.75, 3.05) is 19.0 Å². The molecular weight excluding hydrogens is 326 g/mol. The van der Waals surface area contributed by atoms with E-state index >= 15 is 0 Å². The van der Waals surface area contributed by atoms with Gasteiger partial charge in [-0.2, -0.15) is 0 Å². The van der Waals surface area contributed by atoms with Crippen LogP contribution < -0.4 is 14.8 Å². The van der Waals surface area contributed by atoms with Gasteiger partial charge in [0.1, 0.15) is 11.5 Å². The lowest BCUT2D eigenvalue weighted by Crippen LogP contribution is -2.08. The number of carbonyl (C=O) groups is 1. The van der Waals surface area contributed by atoms with Crippen molar-refractivity contribution in [3.05, 3.63) is 90.0 Å². The molecule has 3 aromatic carbocycles. The molecule has 0 saturated heterocycles. The lowest BCUT2D eigenvalue weighted by molar-refractivity contribution is 0.0735. The van der Waals surface area contributed by atoms with E-state index in [1.54, 1.807) is 43.5 Å². The maximum absolute atomic E-state index is 12.1. The maximum Gasteiger partial charge on any atom is 0.343 e. The number of nitrogens with one attached hydrogen (secondary N) is 1. The molecule has 0 fully saturated rings. The molecule has 3 rings (SSSR count). The van der Waals surface area contributed by atoms with Crippen LogP contribution in [0.3, 0.4) is 0 Å². The number of anilines is 1. The molecule has 0 amide bonds. The third-order valence-electron chi connectivity index (χ3n) is 3.98. The Bertz CT molecular complexity index is 828. The monoisotopic (exact) mass is 347 g/mol. The van der Waals surface area contributed by atoms with Gasteiger partial charge in [-0.05, 0) is 60.5 Å². The molecular formula is C22H21NO3. The zero-order chi connectivity index (χ0) is 18.2. The molecule has 1 N–H and O–H groups in total. The summed E-state index contributed by atoms with van der Waals surface area (Å²) in [4.78, 5) is 12.1. The Labute approximate surface area is 153 Å². The fourth-order valence-corrected chi connectivity index (χ4v) is 2.53. The standard InChI is InChI=1S/C22H21NO3/c1-25-20-11-7-18(8-12-20)22(24)26-21-13-9-19(10-14-21)23-16-15-17-5-3-2-4-6-17/h2-14,23H,15-16H2,1H3. The van der Waals surface area contributed by atoms with E-state index in [2.05, 4.69) is 17.4 Å². The van der Waals surface area contributed by atoms with Gasteiger partial charge in [-0.1, -0.05) is 30.3 Å². The number of hydrogen-bond donors (Lipinski definition) is 1. The number of carbonyl (C=O) groups excluding carboxylic acids is 1. The average Bonchev–Trinajstić information content (AvgIpc) is 2.70. The number of methoxy groups -OCH3 is 1. The molecule has 0 aliphatic rings. The van der Waals surface area contributed by atoms with Crippen LogP contribution in [-0.4, -0.2) is 19.6 Å². The number of rotatable bonds is 7. The topological polar surface area (TPSA) is 47.6 Å². The van der Waals surface area contributed by atoms with Crippen LogP contribution >= 0.6 is 0 Å². The maximum atomic E-state index is 12.1. The molecule has 0 aliphatic carbocycles. The van der Waals surface area contributed by atoms with Gasteiger partial charge in [-0.3, -0.25) is 0 Å². The van der Waals surface area contributed by atoms with E-state index < -0.39 is 5.97 Å². The third kappa shape index (κ3) is 4.86. The normalized spacial score (nSPS) is 10.2. The van der Waals surface area contributed by atoms with E-state index in [0.717, 1.165) is 18.7 Å². The summed E-state index contributed by atoms with van der Waals surface area (Å²) in [6, 6.07) is 24.5. The van der Waals surface area contributed by atoms with Crippen molar-refractivity contribution in [3.63, 3.8) is 0 Å². The highest BCUT2D eigenvalue weighted by Crippen LogP contribution is 2.18. The summed E-state index contributed by atoms with van der Waals surface area (Å²) in [5.41, 5.74) is 2.77. The van der Waals surface area contributed by atoms with Crippen LogP contribution in [-0.2, 0) is 6.42 Å². The largest absolute Gasteiger partial charge is 0.497 e. The van der Waals surface area contributed by atoms with E-state index in [4.69, 9.17) is 9.47 Å². The van der Waals surface area contributed by atoms with Crippen LogP contribution in [0.4, 0.5) is 5.69 Å². The first-order chi connectivity index (χ1) is 12.7. The lowest BCUT2D eigenvalue weighted by atomic mass is 10.1. The molecule has 26 heavy (non-hydrogen) atoms. The zero-order valence-electron chi connectivity index (χ0n) is 14.6. The number of ether oxygens (including phenoxy) is 2. The van der Waals surface area contributed by atoms with Gasteiger partial charge >= 0.3 is 5.97 Å². The van der Waals surface area contributed by atoms with Crippen molar-refractivity contribution < 1.29 is 14.3 Å². The van der Waals surface area contributed by atoms with Gasteiger partial charge in [0.15, 0.2) is 0 Å². The minimum Gasteiger partial charge on any atom is -0.497 e. The lowest BCUT2D eigenvalue weighted by Gasteiger charge is -2.08. The summed E-state index contributed by atoms with van der Waals surface area (Å²) < 4.78 is 10.5. The van der Waals surface area contributed by atoms with Crippen molar-refractivity contribution in [1.82, 2.24) is 0 Å². The van der Waals surface area contributed by atoms with Gasteiger partial charge < -0.3 is 14.8 Å². The SMILES string of the molecule is COc1ccc(C(=O)Oc2ccc(NCCc3ccccc3)cc2)cc1. The summed E-state index contributed by atoms with van der Waals surface area (Å²) in [5.74, 6) is 0.823. The molecule has 132 valence electrons. The Hall–Kier alpha value is -3.27. The summed E-state index contributed by atoms with van der Waals surface area (Å²) in [6.07, 6.45) is 0.953. The summed E-state index contributed by atoms with van der Waals surface area (Å²) in [6.45, 7) is 0.842. The zero-order valence-corrected chi connectivity index (χ0v) is 14.6. The smallest absolute Gasteiger partial charge is 0.343 e. The van der Waals surface area contributed by atoms with E-state index in [1.807, 2.05) is 30.3 Å². The number of benzene rings is 3. The highest BCUT2D eigenvalue weighted by molar-refractivity contribution is 5.91. The molecule has 4 nitrogen and oxygen atoms in total. The van der Waals surface area contributed by atoms with Crippen LogP contribution in [0.2, 0.25) is 0 Å². The van der Waals surface area contributed by atoms with Crippen molar-refractivity contribution >= 4 is 11.7 Å². The Balaban J connectivity index is 1.51. The molecule has 0 atom stereocenters. The van der Waals surface area contributed by atoms with Gasteiger partial charge in [-0.25, -0.2) is 4.79 Å². The molecule has 0 unspecified atom stereocenters. The quantitative estimate of drug-likeness (QED) is 0.502. The van der Waals surface area contributed by atoms with E-state index in [-0.39, 0.29) is 0 Å². The fourth-order valence-electron chi connectivity index (χ4n) is 2.53. The summed E-state index contributed by atoms with van der Waals surface area (Å²) in [5, 5.41) is 3.36. The van der Waals surface area contributed by atoms with Gasteiger partial charge in [0, 0.05) is 12.2 Å². The first-order valence-electron chi connectivity index (χ1n) is 8.49. The molecule has 0 heterocycles. The van der Waals surface area contributed by atoms with E-state index in [1.165, 1.54) is 5.56 Å². The summed E-state index contributed by atoms with van der Waals surface area (Å²) >= 11 is 0. The summed E-state index contributed by atoms with van der Waals surface area (Å²) in [7, 11) is 1.59. The minimum absolute atomic E-state index is 0.391. The molecule has 0 radical (unpaired) electrons. The van der Waals surface area contributed by atoms with Gasteiger partial charge in [0.2, 0.25) is 0 Å². The van der Waals surface area contributed by atoms with Gasteiger partial charge in [0.25, 0.3) is 0 Å². The number of esters is 1. The fraction of sp³-hybridized carbons (Fsp3) is 0.136. The second kappa shape index (κ2) is 8.72. The first-order valence-corrected chi connectivity index (χ1v) is 8.49. The second-order valence-electron chi connectivity index (χ2n) is 5.80. The second-order valence-corrected chi connectivity index (χ2v) is 5.80. The molecule has 0 aromatic heterocycles. The van der Waals surface area contributed by atoms with Gasteiger partial charge in [0.05, 0.1) is 12.7 Å². The molecule has 0 spiro atoms. The molecule has 0 bridgehead atoms. The molecule has 4 heteroatoms. The first kappa shape index (κ1) is 17.5.